The van der Waals surface area contributed by atoms with Gasteiger partial charge in [-0.25, -0.2) is 4.79 Å². The standard InChI is InChI=1S/C35H45ClF3N7O3S/c1-40-31-27(35(37,38)39)17-22(18-28(31)36)16-25(33(48)45-13-11-43(12-14-45)29-21-42-7-2-23(29)3-8-42)19-30(47)44-9-4-26(5-10-44)46-20-24-6-15-50-32(24)41-34(46)49/h6,15,17-18,23,25-26,29,40H,2-5,7-14,16,19-21H2,1H3,(H,41,49)/t25-,29?/m0/s1. The van der Waals surface area contributed by atoms with E-state index in [1.54, 1.807) is 9.80 Å². The van der Waals surface area contributed by atoms with E-state index >= 15 is 0 Å². The van der Waals surface area contributed by atoms with Crippen LogP contribution in [0.1, 0.15) is 48.8 Å². The third-order valence-electron chi connectivity index (χ3n) is 11.5. The van der Waals surface area contributed by atoms with E-state index in [0.717, 1.165) is 49.4 Å². The molecule has 4 amide bonds. The summed E-state index contributed by atoms with van der Waals surface area (Å²) < 4.78 is 42.2. The van der Waals surface area contributed by atoms with Crippen LogP contribution in [-0.2, 0) is 28.7 Å². The maximum absolute atomic E-state index is 14.2. The van der Waals surface area contributed by atoms with Crippen LogP contribution in [0.25, 0.3) is 0 Å². The monoisotopic (exact) mass is 735 g/mol. The highest BCUT2D eigenvalue weighted by molar-refractivity contribution is 7.14. The molecule has 50 heavy (non-hydrogen) atoms. The molecule has 6 aliphatic rings. The Morgan fingerprint density at radius 2 is 1.74 bits per heavy atom. The Balaban J connectivity index is 1.04. The van der Waals surface area contributed by atoms with Crippen molar-refractivity contribution < 1.29 is 27.6 Å². The maximum Gasteiger partial charge on any atom is 0.418 e. The van der Waals surface area contributed by atoms with Crippen LogP contribution in [-0.4, -0.2) is 120 Å². The molecule has 15 heteroatoms. The molecule has 6 aliphatic heterocycles. The number of benzene rings is 1. The van der Waals surface area contributed by atoms with Gasteiger partial charge in [-0.2, -0.15) is 13.2 Å². The number of amides is 4. The van der Waals surface area contributed by atoms with E-state index in [9.17, 15) is 27.6 Å². The lowest BCUT2D eigenvalue weighted by Gasteiger charge is -2.51. The molecule has 5 saturated heterocycles. The number of halogens is 4. The quantitative estimate of drug-likeness (QED) is 0.384. The second kappa shape index (κ2) is 14.5. The average molecular weight is 736 g/mol. The van der Waals surface area contributed by atoms with Gasteiger partial charge in [0.25, 0.3) is 0 Å². The highest BCUT2D eigenvalue weighted by Crippen LogP contribution is 2.40. The van der Waals surface area contributed by atoms with Gasteiger partial charge in [-0.15, -0.1) is 11.3 Å². The number of nitrogens with zero attached hydrogens (tertiary/aromatic N) is 5. The summed E-state index contributed by atoms with van der Waals surface area (Å²) in [7, 11) is 1.39. The second-order valence-corrected chi connectivity index (χ2v) is 15.7. The highest BCUT2D eigenvalue weighted by Gasteiger charge is 2.41. The number of carbonyl (C=O) groups excluding carboxylic acids is 3. The van der Waals surface area contributed by atoms with Crippen molar-refractivity contribution in [2.45, 2.75) is 63.3 Å². The predicted octanol–water partition coefficient (Wildman–Crippen LogP) is 5.29. The van der Waals surface area contributed by atoms with Crippen molar-refractivity contribution in [1.82, 2.24) is 24.5 Å². The summed E-state index contributed by atoms with van der Waals surface area (Å²) in [6, 6.07) is 4.86. The fraction of sp³-hybridized carbons (Fsp3) is 0.629. The summed E-state index contributed by atoms with van der Waals surface area (Å²) in [4.78, 5) is 51.2. The lowest BCUT2D eigenvalue weighted by Crippen LogP contribution is -2.61. The van der Waals surface area contributed by atoms with E-state index in [1.165, 1.54) is 37.3 Å². The first-order chi connectivity index (χ1) is 24.0. The Kier molecular flexibility index (Phi) is 10.3. The molecule has 7 heterocycles. The number of anilines is 2. The Hall–Kier alpha value is -3.07. The molecular formula is C35H45ClF3N7O3S. The molecule has 0 saturated carbocycles. The minimum atomic E-state index is -4.65. The number of nitrogens with one attached hydrogen (secondary N) is 2. The van der Waals surface area contributed by atoms with Crippen LogP contribution in [0.2, 0.25) is 5.02 Å². The molecule has 8 rings (SSSR count). The zero-order valence-electron chi connectivity index (χ0n) is 28.3. The van der Waals surface area contributed by atoms with Gasteiger partial charge in [0.2, 0.25) is 11.8 Å². The predicted molar refractivity (Wildman–Crippen MR) is 187 cm³/mol. The molecule has 1 aromatic carbocycles. The minimum Gasteiger partial charge on any atom is -0.386 e. The van der Waals surface area contributed by atoms with Gasteiger partial charge in [0.15, 0.2) is 0 Å². The summed E-state index contributed by atoms with van der Waals surface area (Å²) in [5.41, 5.74) is 0.229. The van der Waals surface area contributed by atoms with Gasteiger partial charge in [-0.05, 0) is 80.3 Å². The van der Waals surface area contributed by atoms with Crippen LogP contribution in [0.4, 0.5) is 28.7 Å². The van der Waals surface area contributed by atoms with Gasteiger partial charge in [0, 0.05) is 76.9 Å². The van der Waals surface area contributed by atoms with Crippen molar-refractivity contribution in [3.05, 3.63) is 45.3 Å². The summed E-state index contributed by atoms with van der Waals surface area (Å²) in [6.45, 7) is 7.31. The fourth-order valence-electron chi connectivity index (χ4n) is 8.73. The van der Waals surface area contributed by atoms with Crippen LogP contribution < -0.4 is 10.6 Å². The van der Waals surface area contributed by atoms with Gasteiger partial charge < -0.3 is 24.9 Å². The lowest BCUT2D eigenvalue weighted by molar-refractivity contribution is -0.143. The van der Waals surface area contributed by atoms with Crippen molar-refractivity contribution in [2.24, 2.45) is 11.8 Å². The Bertz CT molecular complexity index is 1580. The Morgan fingerprint density at radius 3 is 2.38 bits per heavy atom. The van der Waals surface area contributed by atoms with Crippen molar-refractivity contribution in [2.75, 3.05) is 76.6 Å². The van der Waals surface area contributed by atoms with Crippen LogP contribution in [0.3, 0.4) is 0 Å². The smallest absolute Gasteiger partial charge is 0.386 e. The van der Waals surface area contributed by atoms with E-state index in [4.69, 9.17) is 11.6 Å². The third-order valence-corrected chi connectivity index (χ3v) is 12.7. The molecule has 0 radical (unpaired) electrons. The molecule has 10 nitrogen and oxygen atoms in total. The number of hydrogen-bond acceptors (Lipinski definition) is 7. The van der Waals surface area contributed by atoms with Crippen LogP contribution in [0.5, 0.6) is 0 Å². The summed E-state index contributed by atoms with van der Waals surface area (Å²) >= 11 is 7.83. The van der Waals surface area contributed by atoms with Gasteiger partial charge in [0.05, 0.1) is 28.7 Å². The molecule has 0 aliphatic carbocycles. The number of hydrogen-bond donors (Lipinski definition) is 2. The zero-order chi connectivity index (χ0) is 35.2. The van der Waals surface area contributed by atoms with Gasteiger partial charge in [0.1, 0.15) is 5.00 Å². The molecule has 5 fully saturated rings. The van der Waals surface area contributed by atoms with Gasteiger partial charge in [-0.1, -0.05) is 11.6 Å². The molecule has 2 bridgehead atoms. The summed E-state index contributed by atoms with van der Waals surface area (Å²) in [6.07, 6.45) is -1.17. The number of piperazine rings is 1. The number of thiophene rings is 1. The van der Waals surface area contributed by atoms with Crippen molar-refractivity contribution in [3.63, 3.8) is 0 Å². The SMILES string of the molecule is CNc1c(Cl)cc(C[C@@H](CC(=O)N2CCC(N3Cc4ccsc4NC3=O)CC2)C(=O)N2CCN(C3CN4CCC3CC4)CC2)cc1C(F)(F)F. The maximum atomic E-state index is 14.2. The molecule has 2 N–H and O–H groups in total. The molecule has 272 valence electrons. The molecule has 2 atom stereocenters. The number of likely N-dealkylation sites (tertiary alicyclic amines) is 1. The first-order valence-electron chi connectivity index (χ1n) is 17.7. The van der Waals surface area contributed by atoms with Crippen LogP contribution in [0.15, 0.2) is 23.6 Å². The molecular weight excluding hydrogens is 691 g/mol. The average Bonchev–Trinajstić information content (AvgIpc) is 3.58. The first kappa shape index (κ1) is 35.3. The Labute approximate surface area is 299 Å². The number of carbonyl (C=O) groups is 3. The highest BCUT2D eigenvalue weighted by atomic mass is 35.5. The van der Waals surface area contributed by atoms with Crippen molar-refractivity contribution in [1.29, 1.82) is 0 Å². The first-order valence-corrected chi connectivity index (χ1v) is 19.0. The second-order valence-electron chi connectivity index (χ2n) is 14.4. The van der Waals surface area contributed by atoms with Crippen molar-refractivity contribution in [3.8, 4) is 0 Å². The number of fused-ring (bicyclic) bond motifs is 4. The fourth-order valence-corrected chi connectivity index (χ4v) is 9.86. The van der Waals surface area contributed by atoms with E-state index in [1.807, 2.05) is 16.3 Å². The van der Waals surface area contributed by atoms with E-state index in [2.05, 4.69) is 20.4 Å². The van der Waals surface area contributed by atoms with E-state index < -0.39 is 17.7 Å². The Morgan fingerprint density at radius 1 is 1.02 bits per heavy atom. The largest absolute Gasteiger partial charge is 0.418 e. The molecule has 1 unspecified atom stereocenters. The van der Waals surface area contributed by atoms with Crippen LogP contribution in [0, 0.1) is 11.8 Å². The van der Waals surface area contributed by atoms with Gasteiger partial charge in [-0.3, -0.25) is 19.8 Å². The number of piperidine rings is 4. The van der Waals surface area contributed by atoms with Crippen molar-refractivity contribution >= 4 is 51.5 Å². The third kappa shape index (κ3) is 7.31. The summed E-state index contributed by atoms with van der Waals surface area (Å²) in [5, 5.41) is 8.26. The molecule has 1 aromatic heterocycles. The number of rotatable bonds is 8. The summed E-state index contributed by atoms with van der Waals surface area (Å²) in [5.74, 6) is -0.570. The number of alkyl halides is 3. The van der Waals surface area contributed by atoms with Gasteiger partial charge >= 0.3 is 12.2 Å². The zero-order valence-corrected chi connectivity index (χ0v) is 29.9. The molecule has 0 spiro atoms. The van der Waals surface area contributed by atoms with E-state index in [0.29, 0.717) is 57.5 Å². The molecule has 2 aromatic rings. The number of urea groups is 1. The minimum absolute atomic E-state index is 0.0226. The van der Waals surface area contributed by atoms with Crippen LogP contribution >= 0.6 is 22.9 Å². The topological polar surface area (TPSA) is 91.5 Å². The normalized spacial score (nSPS) is 25.3. The van der Waals surface area contributed by atoms with E-state index in [-0.39, 0.29) is 53.0 Å². The lowest BCUT2D eigenvalue weighted by atomic mass is 9.83.